The summed E-state index contributed by atoms with van der Waals surface area (Å²) in [6, 6.07) is 6.77. The molecule has 1 N–H and O–H groups in total. The Hall–Kier alpha value is -2.92. The van der Waals surface area contributed by atoms with Crippen molar-refractivity contribution in [1.82, 2.24) is 5.32 Å². The Morgan fingerprint density at radius 1 is 1.33 bits per heavy atom. The molecule has 2 aliphatic rings. The molecule has 0 aromatic heterocycles. The minimum absolute atomic E-state index is 0.0425. The van der Waals surface area contributed by atoms with E-state index in [1.165, 1.54) is 12.1 Å². The molecule has 8 nitrogen and oxygen atoms in total. The van der Waals surface area contributed by atoms with Gasteiger partial charge in [0.25, 0.3) is 11.6 Å². The highest BCUT2D eigenvalue weighted by atomic mass is 16.6. The SMILES string of the molecule is N#C/C(=C/c1ccc(N2CCOCC2)c([N+](=O)[O-])c1)C(=O)NC1CCCC1. The number of benzene rings is 1. The van der Waals surface area contributed by atoms with Crippen molar-refractivity contribution in [3.8, 4) is 6.07 Å². The van der Waals surface area contributed by atoms with Gasteiger partial charge in [0.15, 0.2) is 0 Å². The first kappa shape index (κ1) is 18.9. The van der Waals surface area contributed by atoms with Crippen LogP contribution >= 0.6 is 0 Å². The highest BCUT2D eigenvalue weighted by molar-refractivity contribution is 6.02. The van der Waals surface area contributed by atoms with E-state index in [4.69, 9.17) is 4.74 Å². The Morgan fingerprint density at radius 3 is 2.67 bits per heavy atom. The summed E-state index contributed by atoms with van der Waals surface area (Å²) < 4.78 is 5.29. The molecule has 142 valence electrons. The Morgan fingerprint density at radius 2 is 2.04 bits per heavy atom. The molecule has 8 heteroatoms. The van der Waals surface area contributed by atoms with Gasteiger partial charge in [0.2, 0.25) is 0 Å². The molecule has 1 saturated heterocycles. The molecule has 3 rings (SSSR count). The lowest BCUT2D eigenvalue weighted by molar-refractivity contribution is -0.384. The van der Waals surface area contributed by atoms with Gasteiger partial charge in [-0.05, 0) is 30.5 Å². The van der Waals surface area contributed by atoms with Crippen molar-refractivity contribution < 1.29 is 14.5 Å². The molecular formula is C19H22N4O4. The molecule has 1 amide bonds. The number of hydrogen-bond acceptors (Lipinski definition) is 6. The van der Waals surface area contributed by atoms with E-state index in [1.54, 1.807) is 12.1 Å². The van der Waals surface area contributed by atoms with E-state index in [2.05, 4.69) is 5.32 Å². The fraction of sp³-hybridized carbons (Fsp3) is 0.474. The summed E-state index contributed by atoms with van der Waals surface area (Å²) >= 11 is 0. The summed E-state index contributed by atoms with van der Waals surface area (Å²) in [7, 11) is 0. The summed E-state index contributed by atoms with van der Waals surface area (Å²) in [5, 5.41) is 23.7. The van der Waals surface area contributed by atoms with Crippen molar-refractivity contribution in [3.63, 3.8) is 0 Å². The number of rotatable bonds is 5. The molecule has 0 spiro atoms. The summed E-state index contributed by atoms with van der Waals surface area (Å²) in [6.45, 7) is 2.23. The van der Waals surface area contributed by atoms with Gasteiger partial charge in [0.1, 0.15) is 17.3 Å². The molecule has 1 aliphatic carbocycles. The van der Waals surface area contributed by atoms with Crippen molar-refractivity contribution in [2.75, 3.05) is 31.2 Å². The van der Waals surface area contributed by atoms with Crippen molar-refractivity contribution in [3.05, 3.63) is 39.4 Å². The smallest absolute Gasteiger partial charge is 0.293 e. The number of hydrogen-bond donors (Lipinski definition) is 1. The van der Waals surface area contributed by atoms with Crippen LogP contribution in [0.5, 0.6) is 0 Å². The number of nitro groups is 1. The lowest BCUT2D eigenvalue weighted by Crippen LogP contribution is -2.36. The van der Waals surface area contributed by atoms with Crippen LogP contribution in [-0.4, -0.2) is 43.2 Å². The van der Waals surface area contributed by atoms with Crippen LogP contribution in [0.25, 0.3) is 6.08 Å². The molecule has 0 radical (unpaired) electrons. The first-order valence-corrected chi connectivity index (χ1v) is 9.12. The summed E-state index contributed by atoms with van der Waals surface area (Å²) in [4.78, 5) is 25.3. The summed E-state index contributed by atoms with van der Waals surface area (Å²) in [5.41, 5.74) is 0.889. The Bertz CT molecular complexity index is 787. The minimum Gasteiger partial charge on any atom is -0.378 e. The predicted octanol–water partition coefficient (Wildman–Crippen LogP) is 2.40. The second-order valence-corrected chi connectivity index (χ2v) is 6.73. The minimum atomic E-state index is -0.438. The molecule has 0 unspecified atom stereocenters. The molecular weight excluding hydrogens is 348 g/mol. The van der Waals surface area contributed by atoms with Crippen molar-refractivity contribution >= 4 is 23.4 Å². The number of ether oxygens (including phenoxy) is 1. The standard InChI is InChI=1S/C19H22N4O4/c20-13-15(19(24)21-16-3-1-2-4-16)11-14-5-6-17(18(12-14)23(25)26)22-7-9-27-10-8-22/h5-6,11-12,16H,1-4,7-10H2,(H,21,24)/b15-11-. The quantitative estimate of drug-likeness (QED) is 0.369. The Labute approximate surface area is 157 Å². The maximum atomic E-state index is 12.3. The molecule has 2 fully saturated rings. The molecule has 1 aliphatic heterocycles. The summed E-state index contributed by atoms with van der Waals surface area (Å²) in [6.07, 6.45) is 5.40. The van der Waals surface area contributed by atoms with E-state index in [0.29, 0.717) is 37.6 Å². The van der Waals surface area contributed by atoms with Crippen LogP contribution in [-0.2, 0) is 9.53 Å². The number of nitriles is 1. The Kier molecular flexibility index (Phi) is 6.04. The maximum Gasteiger partial charge on any atom is 0.293 e. The number of carbonyl (C=O) groups excluding carboxylic acids is 1. The van der Waals surface area contributed by atoms with Crippen LogP contribution in [0.3, 0.4) is 0 Å². The molecule has 27 heavy (non-hydrogen) atoms. The van der Waals surface area contributed by atoms with Gasteiger partial charge in [-0.15, -0.1) is 0 Å². The first-order valence-electron chi connectivity index (χ1n) is 9.12. The number of carbonyl (C=O) groups is 1. The fourth-order valence-corrected chi connectivity index (χ4v) is 3.50. The molecule has 1 heterocycles. The van der Waals surface area contributed by atoms with E-state index < -0.39 is 10.8 Å². The average molecular weight is 370 g/mol. The van der Waals surface area contributed by atoms with Gasteiger partial charge in [-0.3, -0.25) is 14.9 Å². The number of amides is 1. The lowest BCUT2D eigenvalue weighted by atomic mass is 10.1. The zero-order valence-electron chi connectivity index (χ0n) is 15.0. The zero-order chi connectivity index (χ0) is 19.2. The molecule has 1 aromatic rings. The molecule has 1 saturated carbocycles. The van der Waals surface area contributed by atoms with Gasteiger partial charge in [-0.2, -0.15) is 5.26 Å². The van der Waals surface area contributed by atoms with E-state index >= 15 is 0 Å². The highest BCUT2D eigenvalue weighted by Crippen LogP contribution is 2.30. The van der Waals surface area contributed by atoms with Crippen molar-refractivity contribution in [2.45, 2.75) is 31.7 Å². The van der Waals surface area contributed by atoms with Crippen LogP contribution in [0.15, 0.2) is 23.8 Å². The Balaban J connectivity index is 1.83. The normalized spacial score (nSPS) is 18.2. The zero-order valence-corrected chi connectivity index (χ0v) is 15.0. The van der Waals surface area contributed by atoms with Crippen molar-refractivity contribution in [2.24, 2.45) is 0 Å². The van der Waals surface area contributed by atoms with Gasteiger partial charge >= 0.3 is 0 Å². The molecule has 0 atom stereocenters. The van der Waals surface area contributed by atoms with Crippen molar-refractivity contribution in [1.29, 1.82) is 5.26 Å². The third kappa shape index (κ3) is 4.63. The monoisotopic (exact) mass is 370 g/mol. The second-order valence-electron chi connectivity index (χ2n) is 6.73. The van der Waals surface area contributed by atoms with Gasteiger partial charge in [0, 0.05) is 25.2 Å². The third-order valence-electron chi connectivity index (χ3n) is 4.91. The largest absolute Gasteiger partial charge is 0.378 e. The van der Waals surface area contributed by atoms with Crippen LogP contribution in [0.1, 0.15) is 31.2 Å². The first-order chi connectivity index (χ1) is 13.1. The van der Waals surface area contributed by atoms with Gasteiger partial charge in [0.05, 0.1) is 18.1 Å². The maximum absolute atomic E-state index is 12.3. The van der Waals surface area contributed by atoms with E-state index in [0.717, 1.165) is 25.7 Å². The van der Waals surface area contributed by atoms with E-state index in [9.17, 15) is 20.2 Å². The van der Waals surface area contributed by atoms with Gasteiger partial charge in [-0.25, -0.2) is 0 Å². The van der Waals surface area contributed by atoms with E-state index in [-0.39, 0.29) is 17.3 Å². The molecule has 0 bridgehead atoms. The topological polar surface area (TPSA) is 108 Å². The number of nitro benzene ring substituents is 1. The van der Waals surface area contributed by atoms with Crippen LogP contribution < -0.4 is 10.2 Å². The average Bonchev–Trinajstić information content (AvgIpc) is 3.19. The highest BCUT2D eigenvalue weighted by Gasteiger charge is 2.23. The number of morpholine rings is 1. The number of nitrogens with one attached hydrogen (secondary N) is 1. The molecule has 1 aromatic carbocycles. The lowest BCUT2D eigenvalue weighted by Gasteiger charge is -2.28. The third-order valence-corrected chi connectivity index (χ3v) is 4.91. The van der Waals surface area contributed by atoms with Gasteiger partial charge < -0.3 is 15.0 Å². The van der Waals surface area contributed by atoms with E-state index in [1.807, 2.05) is 11.0 Å². The number of nitrogens with zero attached hydrogens (tertiary/aromatic N) is 3. The number of anilines is 1. The predicted molar refractivity (Wildman–Crippen MR) is 100 cm³/mol. The van der Waals surface area contributed by atoms with Gasteiger partial charge in [-0.1, -0.05) is 18.9 Å². The van der Waals surface area contributed by atoms with Crippen LogP contribution in [0.4, 0.5) is 11.4 Å². The summed E-state index contributed by atoms with van der Waals surface area (Å²) in [5.74, 6) is -0.427. The van der Waals surface area contributed by atoms with Crippen LogP contribution in [0, 0.1) is 21.4 Å². The second kappa shape index (κ2) is 8.64. The van der Waals surface area contributed by atoms with Crippen LogP contribution in [0.2, 0.25) is 0 Å². The fourth-order valence-electron chi connectivity index (χ4n) is 3.50.